The second kappa shape index (κ2) is 10.9. The van der Waals surface area contributed by atoms with Gasteiger partial charge in [-0.2, -0.15) is 0 Å². The molecule has 0 aliphatic heterocycles. The molecule has 0 aliphatic rings. The molecule has 0 radical (unpaired) electrons. The van der Waals surface area contributed by atoms with Crippen molar-refractivity contribution in [3.05, 3.63) is 69.3 Å². The van der Waals surface area contributed by atoms with Crippen molar-refractivity contribution >= 4 is 27.3 Å². The van der Waals surface area contributed by atoms with Crippen LogP contribution in [0.2, 0.25) is 0 Å². The molecule has 0 unspecified atom stereocenters. The van der Waals surface area contributed by atoms with Gasteiger partial charge in [-0.25, -0.2) is 8.42 Å². The van der Waals surface area contributed by atoms with Crippen molar-refractivity contribution in [2.75, 3.05) is 23.7 Å². The van der Waals surface area contributed by atoms with Gasteiger partial charge >= 0.3 is 0 Å². The molecule has 1 N–H and O–H groups in total. The first-order valence-corrected chi connectivity index (χ1v) is 12.0. The summed E-state index contributed by atoms with van der Waals surface area (Å²) in [5, 5.41) is 13.9. The molecular weight excluding hydrogens is 418 g/mol. The molecule has 0 bridgehead atoms. The summed E-state index contributed by atoms with van der Waals surface area (Å²) in [5.41, 5.74) is 3.11. The summed E-state index contributed by atoms with van der Waals surface area (Å²) < 4.78 is 25.7. The lowest BCUT2D eigenvalue weighted by Crippen LogP contribution is -2.33. The predicted molar refractivity (Wildman–Crippen MR) is 122 cm³/mol. The van der Waals surface area contributed by atoms with Crippen molar-refractivity contribution in [1.82, 2.24) is 5.32 Å². The first-order chi connectivity index (χ1) is 14.6. The minimum Gasteiger partial charge on any atom is -0.356 e. The summed E-state index contributed by atoms with van der Waals surface area (Å²) in [4.78, 5) is 22.6. The quantitative estimate of drug-likeness (QED) is 0.322. The van der Waals surface area contributed by atoms with Crippen LogP contribution in [0.3, 0.4) is 0 Å². The van der Waals surface area contributed by atoms with E-state index in [0.29, 0.717) is 18.5 Å². The summed E-state index contributed by atoms with van der Waals surface area (Å²) in [5.74, 6) is -0.145. The Balaban J connectivity index is 1.86. The molecule has 0 heterocycles. The van der Waals surface area contributed by atoms with Crippen LogP contribution in [0.15, 0.2) is 42.5 Å². The maximum Gasteiger partial charge on any atom is 0.271 e. The summed E-state index contributed by atoms with van der Waals surface area (Å²) in [7, 11) is -3.66. The first-order valence-electron chi connectivity index (χ1n) is 10.1. The number of hydrogen-bond acceptors (Lipinski definition) is 5. The molecule has 2 rings (SSSR count). The zero-order valence-corrected chi connectivity index (χ0v) is 18.9. The van der Waals surface area contributed by atoms with Gasteiger partial charge in [-0.15, -0.1) is 0 Å². The standard InChI is InChI=1S/C22H29N3O5S/c1-17-8-11-19(12-9-17)6-4-14-23-22(26)7-5-15-24(31(3,29)30)21-16-20(25(27)28)13-10-18(21)2/h8-13,16H,4-7,14-15H2,1-3H3,(H,23,26). The van der Waals surface area contributed by atoms with E-state index in [4.69, 9.17) is 0 Å². The number of carbonyl (C=O) groups excluding carboxylic acids is 1. The summed E-state index contributed by atoms with van der Waals surface area (Å²) in [6.45, 7) is 4.34. The van der Waals surface area contributed by atoms with Crippen LogP contribution in [-0.2, 0) is 21.2 Å². The number of amides is 1. The van der Waals surface area contributed by atoms with Gasteiger partial charge in [-0.1, -0.05) is 35.9 Å². The third-order valence-electron chi connectivity index (χ3n) is 4.92. The molecule has 0 atom stereocenters. The van der Waals surface area contributed by atoms with Crippen LogP contribution in [0.5, 0.6) is 0 Å². The number of nitro groups is 1. The molecule has 0 spiro atoms. The number of hydrogen-bond donors (Lipinski definition) is 1. The first kappa shape index (κ1) is 24.3. The van der Waals surface area contributed by atoms with Gasteiger partial charge in [0.15, 0.2) is 0 Å². The van der Waals surface area contributed by atoms with E-state index in [0.717, 1.165) is 23.4 Å². The number of aryl methyl sites for hydroxylation is 3. The fourth-order valence-corrected chi connectivity index (χ4v) is 4.21. The summed E-state index contributed by atoms with van der Waals surface area (Å²) >= 11 is 0. The Bertz CT molecular complexity index is 1020. The third-order valence-corrected chi connectivity index (χ3v) is 6.10. The van der Waals surface area contributed by atoms with Crippen molar-refractivity contribution < 1.29 is 18.1 Å². The van der Waals surface area contributed by atoms with E-state index in [1.807, 2.05) is 6.92 Å². The molecular formula is C22H29N3O5S. The highest BCUT2D eigenvalue weighted by Crippen LogP contribution is 2.27. The van der Waals surface area contributed by atoms with Gasteiger partial charge < -0.3 is 5.32 Å². The van der Waals surface area contributed by atoms with Crippen LogP contribution < -0.4 is 9.62 Å². The number of non-ortho nitro benzene ring substituents is 1. The number of anilines is 1. The molecule has 0 aliphatic carbocycles. The van der Waals surface area contributed by atoms with Crippen LogP contribution >= 0.6 is 0 Å². The largest absolute Gasteiger partial charge is 0.356 e. The van der Waals surface area contributed by atoms with Crippen LogP contribution in [-0.4, -0.2) is 38.6 Å². The average Bonchev–Trinajstić information content (AvgIpc) is 2.69. The van der Waals surface area contributed by atoms with Crippen molar-refractivity contribution in [2.24, 2.45) is 0 Å². The average molecular weight is 448 g/mol. The maximum absolute atomic E-state index is 12.3. The lowest BCUT2D eigenvalue weighted by molar-refractivity contribution is -0.384. The van der Waals surface area contributed by atoms with E-state index in [1.54, 1.807) is 6.92 Å². The highest BCUT2D eigenvalue weighted by Gasteiger charge is 2.21. The zero-order chi connectivity index (χ0) is 23.0. The van der Waals surface area contributed by atoms with Gasteiger partial charge in [-0.05, 0) is 44.2 Å². The SMILES string of the molecule is Cc1ccc(CCCNC(=O)CCCN(c2cc([N+](=O)[O-])ccc2C)S(C)(=O)=O)cc1. The Morgan fingerprint density at radius 2 is 1.77 bits per heavy atom. The van der Waals surface area contributed by atoms with Gasteiger partial charge in [0.1, 0.15) is 0 Å². The van der Waals surface area contributed by atoms with Gasteiger partial charge in [0, 0.05) is 31.6 Å². The monoisotopic (exact) mass is 447 g/mol. The van der Waals surface area contributed by atoms with Crippen LogP contribution in [0.25, 0.3) is 0 Å². The van der Waals surface area contributed by atoms with Gasteiger partial charge in [0.25, 0.3) is 5.69 Å². The lowest BCUT2D eigenvalue weighted by Gasteiger charge is -2.24. The molecule has 0 saturated carbocycles. The van der Waals surface area contributed by atoms with E-state index in [1.165, 1.54) is 29.3 Å². The zero-order valence-electron chi connectivity index (χ0n) is 18.1. The fourth-order valence-electron chi connectivity index (χ4n) is 3.19. The van der Waals surface area contributed by atoms with Crippen molar-refractivity contribution in [3.63, 3.8) is 0 Å². The molecule has 2 aromatic rings. The van der Waals surface area contributed by atoms with Crippen molar-refractivity contribution in [3.8, 4) is 0 Å². The molecule has 1 amide bonds. The topological polar surface area (TPSA) is 110 Å². The van der Waals surface area contributed by atoms with Gasteiger partial charge in [0.2, 0.25) is 15.9 Å². The Kier molecular flexibility index (Phi) is 8.56. The number of nitrogens with zero attached hydrogens (tertiary/aromatic N) is 2. The predicted octanol–water partition coefficient (Wildman–Crippen LogP) is 3.51. The van der Waals surface area contributed by atoms with Crippen LogP contribution in [0.1, 0.15) is 36.0 Å². The molecule has 0 fully saturated rings. The Morgan fingerprint density at radius 1 is 1.10 bits per heavy atom. The number of nitro benzene ring substituents is 1. The number of sulfonamides is 1. The van der Waals surface area contributed by atoms with Gasteiger partial charge in [0.05, 0.1) is 16.9 Å². The number of benzene rings is 2. The van der Waals surface area contributed by atoms with E-state index in [9.17, 15) is 23.3 Å². The molecule has 0 aromatic heterocycles. The summed E-state index contributed by atoms with van der Waals surface area (Å²) in [6.07, 6.45) is 3.21. The third kappa shape index (κ3) is 7.67. The number of carbonyl (C=O) groups is 1. The maximum atomic E-state index is 12.3. The van der Waals surface area contributed by atoms with Crippen molar-refractivity contribution in [1.29, 1.82) is 0 Å². The lowest BCUT2D eigenvalue weighted by atomic mass is 10.1. The minimum absolute atomic E-state index is 0.0671. The molecule has 168 valence electrons. The van der Waals surface area contributed by atoms with Crippen LogP contribution in [0.4, 0.5) is 11.4 Å². The molecule has 9 heteroatoms. The molecule has 31 heavy (non-hydrogen) atoms. The minimum atomic E-state index is -3.66. The molecule has 0 saturated heterocycles. The highest BCUT2D eigenvalue weighted by molar-refractivity contribution is 7.92. The fraction of sp³-hybridized carbons (Fsp3) is 0.409. The van der Waals surface area contributed by atoms with E-state index < -0.39 is 14.9 Å². The Hall–Kier alpha value is -2.94. The molecule has 8 nitrogen and oxygen atoms in total. The van der Waals surface area contributed by atoms with Crippen molar-refractivity contribution in [2.45, 2.75) is 39.5 Å². The number of nitrogens with one attached hydrogen (secondary N) is 1. The highest BCUT2D eigenvalue weighted by atomic mass is 32.2. The normalized spacial score (nSPS) is 11.2. The van der Waals surface area contributed by atoms with Gasteiger partial charge in [-0.3, -0.25) is 19.2 Å². The Morgan fingerprint density at radius 3 is 2.39 bits per heavy atom. The van der Waals surface area contributed by atoms with E-state index >= 15 is 0 Å². The second-order valence-electron chi connectivity index (χ2n) is 7.61. The second-order valence-corrected chi connectivity index (χ2v) is 9.51. The molecule has 2 aromatic carbocycles. The summed E-state index contributed by atoms with van der Waals surface area (Å²) in [6, 6.07) is 12.4. The number of rotatable bonds is 11. The Labute approximate surface area is 183 Å². The van der Waals surface area contributed by atoms with E-state index in [-0.39, 0.29) is 30.2 Å². The van der Waals surface area contributed by atoms with E-state index in [2.05, 4.69) is 29.6 Å². The van der Waals surface area contributed by atoms with Crippen LogP contribution in [0, 0.1) is 24.0 Å². The smallest absolute Gasteiger partial charge is 0.271 e.